The van der Waals surface area contributed by atoms with E-state index in [0.717, 1.165) is 6.07 Å². The molecule has 0 radical (unpaired) electrons. The van der Waals surface area contributed by atoms with E-state index in [9.17, 15) is 22.8 Å². The number of carbonyl (C=O) groups is 2. The molecule has 2 rings (SSSR count). The van der Waals surface area contributed by atoms with Crippen molar-refractivity contribution in [2.75, 3.05) is 25.6 Å². The van der Waals surface area contributed by atoms with Crippen LogP contribution in [0.4, 0.5) is 18.9 Å². The molecule has 0 fully saturated rings. The predicted octanol–water partition coefficient (Wildman–Crippen LogP) is 2.88. The third-order valence-corrected chi connectivity index (χ3v) is 3.44. The van der Waals surface area contributed by atoms with E-state index in [4.69, 9.17) is 9.47 Å². The molecule has 27 heavy (non-hydrogen) atoms. The molecule has 0 aliphatic carbocycles. The molecule has 0 saturated heterocycles. The van der Waals surface area contributed by atoms with Gasteiger partial charge in [0.05, 0.1) is 25.9 Å². The van der Waals surface area contributed by atoms with E-state index in [1.54, 1.807) is 13.0 Å². The highest BCUT2D eigenvalue weighted by Crippen LogP contribution is 2.28. The van der Waals surface area contributed by atoms with Gasteiger partial charge in [-0.05, 0) is 37.3 Å². The summed E-state index contributed by atoms with van der Waals surface area (Å²) < 4.78 is 50.0. The molecule has 2 N–H and O–H groups in total. The Hall–Kier alpha value is -3.23. The molecule has 9 heteroatoms. The minimum atomic E-state index is -1.70. The number of nitrogens with one attached hydrogen (secondary N) is 2. The zero-order valence-corrected chi connectivity index (χ0v) is 14.6. The maximum Gasteiger partial charge on any atom is 0.251 e. The van der Waals surface area contributed by atoms with E-state index in [1.807, 2.05) is 0 Å². The minimum absolute atomic E-state index is 0.210. The van der Waals surface area contributed by atoms with Crippen molar-refractivity contribution in [1.82, 2.24) is 5.32 Å². The lowest BCUT2D eigenvalue weighted by Crippen LogP contribution is -2.33. The second-order valence-corrected chi connectivity index (χ2v) is 5.25. The SMILES string of the molecule is CCOc1ccc(C(=O)NCC(=O)Nc2ccc(F)c(F)c2F)cc1OC. The first-order valence-corrected chi connectivity index (χ1v) is 7.89. The Balaban J connectivity index is 1.99. The molecule has 0 heterocycles. The van der Waals surface area contributed by atoms with E-state index in [0.29, 0.717) is 24.2 Å². The lowest BCUT2D eigenvalue weighted by molar-refractivity contribution is -0.115. The second kappa shape index (κ2) is 8.93. The van der Waals surface area contributed by atoms with Crippen LogP contribution in [0.2, 0.25) is 0 Å². The molecule has 6 nitrogen and oxygen atoms in total. The number of amides is 2. The monoisotopic (exact) mass is 382 g/mol. The third-order valence-electron chi connectivity index (χ3n) is 3.44. The van der Waals surface area contributed by atoms with Gasteiger partial charge in [-0.1, -0.05) is 0 Å². The summed E-state index contributed by atoms with van der Waals surface area (Å²) in [5, 5.41) is 4.38. The average Bonchev–Trinajstić information content (AvgIpc) is 2.67. The van der Waals surface area contributed by atoms with Crippen molar-refractivity contribution in [3.05, 3.63) is 53.3 Å². The molecule has 0 unspecified atom stereocenters. The Morgan fingerprint density at radius 2 is 1.78 bits per heavy atom. The summed E-state index contributed by atoms with van der Waals surface area (Å²) >= 11 is 0. The maximum absolute atomic E-state index is 13.5. The maximum atomic E-state index is 13.5. The molecule has 2 aromatic rings. The van der Waals surface area contributed by atoms with Gasteiger partial charge < -0.3 is 20.1 Å². The number of anilines is 1. The Morgan fingerprint density at radius 3 is 2.44 bits per heavy atom. The molecule has 0 bridgehead atoms. The quantitative estimate of drug-likeness (QED) is 0.722. The van der Waals surface area contributed by atoms with Crippen molar-refractivity contribution >= 4 is 17.5 Å². The number of carbonyl (C=O) groups excluding carboxylic acids is 2. The van der Waals surface area contributed by atoms with Crippen LogP contribution in [0.25, 0.3) is 0 Å². The van der Waals surface area contributed by atoms with Gasteiger partial charge in [-0.2, -0.15) is 0 Å². The smallest absolute Gasteiger partial charge is 0.251 e. The fourth-order valence-corrected chi connectivity index (χ4v) is 2.16. The molecule has 2 aromatic carbocycles. The van der Waals surface area contributed by atoms with Gasteiger partial charge in [0.15, 0.2) is 29.0 Å². The van der Waals surface area contributed by atoms with Crippen molar-refractivity contribution in [2.24, 2.45) is 0 Å². The highest BCUT2D eigenvalue weighted by molar-refractivity contribution is 5.99. The van der Waals surface area contributed by atoms with Gasteiger partial charge in [-0.15, -0.1) is 0 Å². The molecule has 0 spiro atoms. The van der Waals surface area contributed by atoms with Crippen molar-refractivity contribution in [1.29, 1.82) is 0 Å². The van der Waals surface area contributed by atoms with E-state index in [-0.39, 0.29) is 5.56 Å². The summed E-state index contributed by atoms with van der Waals surface area (Å²) in [6.45, 7) is 1.71. The van der Waals surface area contributed by atoms with Gasteiger partial charge in [0.1, 0.15) is 0 Å². The Bertz CT molecular complexity index is 859. The molecule has 0 saturated carbocycles. The lowest BCUT2D eigenvalue weighted by Gasteiger charge is -2.11. The number of rotatable bonds is 7. The van der Waals surface area contributed by atoms with Crippen molar-refractivity contribution < 1.29 is 32.2 Å². The molecule has 0 atom stereocenters. The second-order valence-electron chi connectivity index (χ2n) is 5.25. The van der Waals surface area contributed by atoms with E-state index in [1.165, 1.54) is 19.2 Å². The molecular formula is C18H17F3N2O4. The van der Waals surface area contributed by atoms with Crippen molar-refractivity contribution in [3.63, 3.8) is 0 Å². The predicted molar refractivity (Wildman–Crippen MR) is 91.4 cm³/mol. The number of hydrogen-bond acceptors (Lipinski definition) is 4. The highest BCUT2D eigenvalue weighted by atomic mass is 19.2. The number of halogens is 3. The summed E-state index contributed by atoms with van der Waals surface area (Å²) in [4.78, 5) is 23.9. The van der Waals surface area contributed by atoms with Crippen LogP contribution in [0.1, 0.15) is 17.3 Å². The van der Waals surface area contributed by atoms with Crippen LogP contribution in [-0.4, -0.2) is 32.1 Å². The third kappa shape index (κ3) is 4.90. The molecule has 2 amide bonds. The largest absolute Gasteiger partial charge is 0.493 e. The first kappa shape index (κ1) is 20.1. The van der Waals surface area contributed by atoms with Crippen LogP contribution >= 0.6 is 0 Å². The molecule has 0 aromatic heterocycles. The summed E-state index contributed by atoms with van der Waals surface area (Å²) in [6, 6.07) is 6.03. The Morgan fingerprint density at radius 1 is 1.04 bits per heavy atom. The van der Waals surface area contributed by atoms with Crippen LogP contribution in [0.3, 0.4) is 0 Å². The topological polar surface area (TPSA) is 76.7 Å². The zero-order chi connectivity index (χ0) is 20.0. The van der Waals surface area contributed by atoms with Crippen LogP contribution in [0, 0.1) is 17.5 Å². The lowest BCUT2D eigenvalue weighted by atomic mass is 10.2. The van der Waals surface area contributed by atoms with E-state index >= 15 is 0 Å². The van der Waals surface area contributed by atoms with Crippen LogP contribution in [0.15, 0.2) is 30.3 Å². The van der Waals surface area contributed by atoms with Crippen molar-refractivity contribution in [3.8, 4) is 11.5 Å². The summed E-state index contributed by atoms with van der Waals surface area (Å²) in [5.41, 5.74) is -0.321. The van der Waals surface area contributed by atoms with Gasteiger partial charge in [-0.25, -0.2) is 13.2 Å². The van der Waals surface area contributed by atoms with Crippen LogP contribution in [-0.2, 0) is 4.79 Å². The van der Waals surface area contributed by atoms with Gasteiger partial charge in [-0.3, -0.25) is 9.59 Å². The normalized spacial score (nSPS) is 10.3. The number of benzene rings is 2. The van der Waals surface area contributed by atoms with Crippen molar-refractivity contribution in [2.45, 2.75) is 6.92 Å². The highest BCUT2D eigenvalue weighted by Gasteiger charge is 2.16. The van der Waals surface area contributed by atoms with Crippen LogP contribution in [0.5, 0.6) is 11.5 Å². The minimum Gasteiger partial charge on any atom is -0.493 e. The molecule has 0 aliphatic heterocycles. The summed E-state index contributed by atoms with van der Waals surface area (Å²) in [6.07, 6.45) is 0. The average molecular weight is 382 g/mol. The fraction of sp³-hybridized carbons (Fsp3) is 0.222. The first-order chi connectivity index (χ1) is 12.9. The zero-order valence-electron chi connectivity index (χ0n) is 14.6. The van der Waals surface area contributed by atoms with E-state index in [2.05, 4.69) is 10.6 Å². The Kier molecular flexibility index (Phi) is 6.64. The summed E-state index contributed by atoms with van der Waals surface area (Å²) in [5.74, 6) is -5.18. The van der Waals surface area contributed by atoms with E-state index < -0.39 is 41.5 Å². The molecule has 144 valence electrons. The van der Waals surface area contributed by atoms with Gasteiger partial charge in [0.2, 0.25) is 5.91 Å². The van der Waals surface area contributed by atoms with Gasteiger partial charge in [0.25, 0.3) is 5.91 Å². The standard InChI is InChI=1S/C18H17F3N2O4/c1-3-27-13-7-4-10(8-14(13)26-2)18(25)22-9-15(24)23-12-6-5-11(19)16(20)17(12)21/h4-8H,3,9H2,1-2H3,(H,22,25)(H,23,24). The molecular weight excluding hydrogens is 365 g/mol. The number of hydrogen-bond donors (Lipinski definition) is 2. The number of ether oxygens (including phenoxy) is 2. The van der Waals surface area contributed by atoms with Gasteiger partial charge >= 0.3 is 0 Å². The Labute approximate surface area is 153 Å². The molecule has 0 aliphatic rings. The fourth-order valence-electron chi connectivity index (χ4n) is 2.16. The van der Waals surface area contributed by atoms with Gasteiger partial charge in [0, 0.05) is 5.56 Å². The number of methoxy groups -OCH3 is 1. The van der Waals surface area contributed by atoms with Crippen LogP contribution < -0.4 is 20.1 Å². The first-order valence-electron chi connectivity index (χ1n) is 7.89. The summed E-state index contributed by atoms with van der Waals surface area (Å²) in [7, 11) is 1.42.